The second-order valence-corrected chi connectivity index (χ2v) is 4.00. The Morgan fingerprint density at radius 2 is 2.00 bits per heavy atom. The Labute approximate surface area is 102 Å². The van der Waals surface area contributed by atoms with E-state index in [0.717, 1.165) is 6.42 Å². The summed E-state index contributed by atoms with van der Waals surface area (Å²) in [4.78, 5) is 23.0. The van der Waals surface area contributed by atoms with Gasteiger partial charge in [-0.2, -0.15) is 0 Å². The molecule has 0 aliphatic heterocycles. The summed E-state index contributed by atoms with van der Waals surface area (Å²) >= 11 is 5.46. The summed E-state index contributed by atoms with van der Waals surface area (Å²) in [5.74, 6) is -0.284. The van der Waals surface area contributed by atoms with E-state index in [2.05, 4.69) is 5.32 Å². The van der Waals surface area contributed by atoms with E-state index in [1.807, 2.05) is 13.8 Å². The van der Waals surface area contributed by atoms with Crippen molar-refractivity contribution in [2.45, 2.75) is 39.7 Å². The zero-order valence-corrected chi connectivity index (χ0v) is 10.8. The molecule has 0 aromatic carbocycles. The molecular weight excluding hydrogens is 230 g/mol. The third-order valence-electron chi connectivity index (χ3n) is 2.39. The SMILES string of the molecule is CCOC(=O)C(NC(=O)CCCl)C(C)CC. The van der Waals surface area contributed by atoms with E-state index in [1.165, 1.54) is 0 Å². The van der Waals surface area contributed by atoms with Gasteiger partial charge in [0.05, 0.1) is 6.61 Å². The van der Waals surface area contributed by atoms with Crippen molar-refractivity contribution in [2.75, 3.05) is 12.5 Å². The van der Waals surface area contributed by atoms with Crippen molar-refractivity contribution >= 4 is 23.5 Å². The normalized spacial score (nSPS) is 14.0. The second-order valence-electron chi connectivity index (χ2n) is 3.62. The van der Waals surface area contributed by atoms with Gasteiger partial charge >= 0.3 is 5.97 Å². The molecule has 1 amide bonds. The average molecular weight is 250 g/mol. The quantitative estimate of drug-likeness (QED) is 0.552. The zero-order valence-electron chi connectivity index (χ0n) is 10.1. The Kier molecular flexibility index (Phi) is 7.99. The first-order chi connectivity index (χ1) is 7.56. The minimum atomic E-state index is -0.569. The molecule has 0 aliphatic rings. The number of rotatable bonds is 7. The number of amides is 1. The van der Waals surface area contributed by atoms with Crippen LogP contribution in [0.3, 0.4) is 0 Å². The van der Waals surface area contributed by atoms with Crippen molar-refractivity contribution < 1.29 is 14.3 Å². The van der Waals surface area contributed by atoms with Gasteiger partial charge < -0.3 is 10.1 Å². The van der Waals surface area contributed by atoms with Gasteiger partial charge in [0.25, 0.3) is 0 Å². The van der Waals surface area contributed by atoms with Crippen molar-refractivity contribution in [3.05, 3.63) is 0 Å². The van der Waals surface area contributed by atoms with Crippen molar-refractivity contribution in [2.24, 2.45) is 5.92 Å². The molecule has 0 aromatic heterocycles. The predicted octanol–water partition coefficient (Wildman–Crippen LogP) is 1.71. The van der Waals surface area contributed by atoms with Crippen molar-refractivity contribution in [1.82, 2.24) is 5.32 Å². The first-order valence-corrected chi connectivity index (χ1v) is 6.12. The number of nitrogens with one attached hydrogen (secondary N) is 1. The number of alkyl halides is 1. The molecule has 0 heterocycles. The number of esters is 1. The number of carbonyl (C=O) groups is 2. The van der Waals surface area contributed by atoms with E-state index >= 15 is 0 Å². The summed E-state index contributed by atoms with van der Waals surface area (Å²) in [5.41, 5.74) is 0. The highest BCUT2D eigenvalue weighted by molar-refractivity contribution is 6.18. The van der Waals surface area contributed by atoms with E-state index in [0.29, 0.717) is 6.61 Å². The van der Waals surface area contributed by atoms with Crippen LogP contribution in [-0.2, 0) is 14.3 Å². The Morgan fingerprint density at radius 3 is 2.44 bits per heavy atom. The average Bonchev–Trinajstić information content (AvgIpc) is 2.25. The van der Waals surface area contributed by atoms with E-state index in [9.17, 15) is 9.59 Å². The molecule has 16 heavy (non-hydrogen) atoms. The summed E-state index contributed by atoms with van der Waals surface area (Å²) < 4.78 is 4.92. The summed E-state index contributed by atoms with van der Waals surface area (Å²) in [6.45, 7) is 5.93. The van der Waals surface area contributed by atoms with Gasteiger partial charge in [0, 0.05) is 12.3 Å². The van der Waals surface area contributed by atoms with Crippen LogP contribution in [0.1, 0.15) is 33.6 Å². The fourth-order valence-corrected chi connectivity index (χ4v) is 1.40. The standard InChI is InChI=1S/C11H20ClNO3/c1-4-8(3)10(11(15)16-5-2)13-9(14)6-7-12/h8,10H,4-7H2,1-3H3,(H,13,14). The van der Waals surface area contributed by atoms with Crippen LogP contribution in [-0.4, -0.2) is 30.4 Å². The number of hydrogen-bond acceptors (Lipinski definition) is 3. The Hall–Kier alpha value is -0.770. The van der Waals surface area contributed by atoms with Gasteiger partial charge in [-0.1, -0.05) is 20.3 Å². The zero-order chi connectivity index (χ0) is 12.6. The molecule has 2 atom stereocenters. The molecule has 0 saturated heterocycles. The highest BCUT2D eigenvalue weighted by Crippen LogP contribution is 2.09. The number of halogens is 1. The highest BCUT2D eigenvalue weighted by atomic mass is 35.5. The van der Waals surface area contributed by atoms with Gasteiger partial charge in [-0.25, -0.2) is 4.79 Å². The van der Waals surface area contributed by atoms with Crippen LogP contribution in [0.15, 0.2) is 0 Å². The van der Waals surface area contributed by atoms with Gasteiger partial charge in [-0.15, -0.1) is 11.6 Å². The molecule has 0 rings (SSSR count). The third-order valence-corrected chi connectivity index (χ3v) is 2.58. The van der Waals surface area contributed by atoms with Crippen LogP contribution in [0.2, 0.25) is 0 Å². The van der Waals surface area contributed by atoms with Crippen LogP contribution >= 0.6 is 11.6 Å². The van der Waals surface area contributed by atoms with E-state index in [4.69, 9.17) is 16.3 Å². The van der Waals surface area contributed by atoms with Gasteiger partial charge in [0.15, 0.2) is 0 Å². The maximum absolute atomic E-state index is 11.6. The van der Waals surface area contributed by atoms with E-state index in [1.54, 1.807) is 6.92 Å². The molecule has 5 heteroatoms. The maximum atomic E-state index is 11.6. The van der Waals surface area contributed by atoms with Crippen LogP contribution in [0.5, 0.6) is 0 Å². The molecule has 0 fully saturated rings. The first-order valence-electron chi connectivity index (χ1n) is 5.58. The minimum Gasteiger partial charge on any atom is -0.464 e. The van der Waals surface area contributed by atoms with E-state index < -0.39 is 6.04 Å². The fraction of sp³-hybridized carbons (Fsp3) is 0.818. The molecule has 94 valence electrons. The lowest BCUT2D eigenvalue weighted by Crippen LogP contribution is -2.46. The topological polar surface area (TPSA) is 55.4 Å². The largest absolute Gasteiger partial charge is 0.464 e. The highest BCUT2D eigenvalue weighted by Gasteiger charge is 2.26. The summed E-state index contributed by atoms with van der Waals surface area (Å²) in [6.07, 6.45) is 1.01. The van der Waals surface area contributed by atoms with Gasteiger partial charge in [0.2, 0.25) is 5.91 Å². The minimum absolute atomic E-state index is 0.0540. The smallest absolute Gasteiger partial charge is 0.328 e. The number of ether oxygens (including phenoxy) is 1. The lowest BCUT2D eigenvalue weighted by Gasteiger charge is -2.22. The van der Waals surface area contributed by atoms with Gasteiger partial charge in [-0.05, 0) is 12.8 Å². The molecule has 0 saturated carbocycles. The van der Waals surface area contributed by atoms with Crippen LogP contribution in [0, 0.1) is 5.92 Å². The molecule has 0 aliphatic carbocycles. The van der Waals surface area contributed by atoms with E-state index in [-0.39, 0.29) is 30.1 Å². The molecule has 0 bridgehead atoms. The van der Waals surface area contributed by atoms with Crippen LogP contribution in [0.25, 0.3) is 0 Å². The maximum Gasteiger partial charge on any atom is 0.328 e. The van der Waals surface area contributed by atoms with Crippen molar-refractivity contribution in [1.29, 1.82) is 0 Å². The number of carbonyl (C=O) groups excluding carboxylic acids is 2. The Balaban J connectivity index is 4.42. The molecule has 4 nitrogen and oxygen atoms in total. The monoisotopic (exact) mass is 249 g/mol. The van der Waals surface area contributed by atoms with Crippen molar-refractivity contribution in [3.63, 3.8) is 0 Å². The molecule has 0 radical (unpaired) electrons. The predicted molar refractivity (Wildman–Crippen MR) is 63.4 cm³/mol. The Bertz CT molecular complexity index is 233. The fourth-order valence-electron chi connectivity index (χ4n) is 1.23. The van der Waals surface area contributed by atoms with Crippen molar-refractivity contribution in [3.8, 4) is 0 Å². The Morgan fingerprint density at radius 1 is 1.38 bits per heavy atom. The second kappa shape index (κ2) is 8.39. The van der Waals surface area contributed by atoms with Crippen LogP contribution < -0.4 is 5.32 Å². The molecule has 0 aromatic rings. The molecule has 1 N–H and O–H groups in total. The lowest BCUT2D eigenvalue weighted by atomic mass is 9.99. The summed E-state index contributed by atoms with van der Waals surface area (Å²) in [7, 11) is 0. The van der Waals surface area contributed by atoms with Gasteiger partial charge in [0.1, 0.15) is 6.04 Å². The summed E-state index contributed by atoms with van der Waals surface area (Å²) in [5, 5.41) is 2.66. The number of hydrogen-bond donors (Lipinski definition) is 1. The molecule has 0 spiro atoms. The van der Waals surface area contributed by atoms with Crippen LogP contribution in [0.4, 0.5) is 0 Å². The molecular formula is C11H20ClNO3. The lowest BCUT2D eigenvalue weighted by molar-refractivity contribution is -0.148. The summed E-state index contributed by atoms with van der Waals surface area (Å²) in [6, 6.07) is -0.569. The third kappa shape index (κ3) is 5.35. The molecule has 2 unspecified atom stereocenters. The first kappa shape index (κ1) is 15.2. The van der Waals surface area contributed by atoms with Gasteiger partial charge in [-0.3, -0.25) is 4.79 Å².